The van der Waals surface area contributed by atoms with Crippen LogP contribution in [0.1, 0.15) is 15.4 Å². The fraction of sp³-hybridized carbons (Fsp3) is 0.364. The Balaban J connectivity index is 2.02. The Hall–Kier alpha value is -0.710. The Bertz CT molecular complexity index is 461. The Morgan fingerprint density at radius 1 is 1.47 bits per heavy atom. The molecule has 1 aliphatic heterocycles. The Morgan fingerprint density at radius 2 is 2.40 bits per heavy atom. The van der Waals surface area contributed by atoms with Crippen molar-refractivity contribution in [1.29, 1.82) is 0 Å². The van der Waals surface area contributed by atoms with Crippen molar-refractivity contribution in [1.82, 2.24) is 10.3 Å². The molecule has 2 aromatic heterocycles. The molecule has 2 aromatic rings. The van der Waals surface area contributed by atoms with E-state index in [1.165, 1.54) is 21.7 Å². The van der Waals surface area contributed by atoms with E-state index >= 15 is 0 Å². The molecule has 0 saturated heterocycles. The van der Waals surface area contributed by atoms with Gasteiger partial charge in [0.05, 0.1) is 15.6 Å². The molecule has 15 heavy (non-hydrogen) atoms. The molecule has 0 saturated carbocycles. The first-order valence-corrected chi connectivity index (χ1v) is 6.77. The number of nitrogens with one attached hydrogen (secondary N) is 1. The van der Waals surface area contributed by atoms with E-state index in [1.807, 2.05) is 11.3 Å². The number of thiophene rings is 1. The molecule has 0 amide bonds. The number of thiazole rings is 1. The van der Waals surface area contributed by atoms with Crippen molar-refractivity contribution in [3.63, 3.8) is 0 Å². The summed E-state index contributed by atoms with van der Waals surface area (Å²) in [5.74, 6) is 0. The van der Waals surface area contributed by atoms with Crippen molar-refractivity contribution in [3.8, 4) is 10.6 Å². The number of nitrogens with zero attached hydrogens (tertiary/aromatic N) is 1. The summed E-state index contributed by atoms with van der Waals surface area (Å²) < 4.78 is 0. The first kappa shape index (κ1) is 9.51. The molecule has 4 heteroatoms. The lowest BCUT2D eigenvalue weighted by Gasteiger charge is -2.10. The van der Waals surface area contributed by atoms with Crippen molar-refractivity contribution in [3.05, 3.63) is 26.9 Å². The van der Waals surface area contributed by atoms with Crippen LogP contribution in [0.4, 0.5) is 0 Å². The maximum Gasteiger partial charge on any atom is 0.0914 e. The Morgan fingerprint density at radius 3 is 3.13 bits per heavy atom. The highest BCUT2D eigenvalue weighted by atomic mass is 32.1. The molecular weight excluding hydrogens is 224 g/mol. The third kappa shape index (κ3) is 1.73. The van der Waals surface area contributed by atoms with Gasteiger partial charge in [0.2, 0.25) is 0 Å². The van der Waals surface area contributed by atoms with Gasteiger partial charge in [-0.25, -0.2) is 4.98 Å². The van der Waals surface area contributed by atoms with Crippen LogP contribution in [-0.4, -0.2) is 11.5 Å². The van der Waals surface area contributed by atoms with E-state index in [4.69, 9.17) is 0 Å². The Kier molecular flexibility index (Phi) is 2.35. The highest BCUT2D eigenvalue weighted by Gasteiger charge is 2.14. The number of fused-ring (bicyclic) bond motifs is 1. The van der Waals surface area contributed by atoms with Gasteiger partial charge in [-0.2, -0.15) is 0 Å². The van der Waals surface area contributed by atoms with Crippen LogP contribution in [0, 0.1) is 6.92 Å². The molecule has 3 rings (SSSR count). The van der Waals surface area contributed by atoms with Gasteiger partial charge in [0.25, 0.3) is 0 Å². The maximum atomic E-state index is 4.53. The highest BCUT2D eigenvalue weighted by molar-refractivity contribution is 7.16. The number of rotatable bonds is 1. The third-order valence-corrected chi connectivity index (χ3v) is 4.65. The molecule has 1 aliphatic rings. The molecule has 2 nitrogen and oxygen atoms in total. The van der Waals surface area contributed by atoms with Crippen molar-refractivity contribution in [2.75, 3.05) is 6.54 Å². The van der Waals surface area contributed by atoms with Crippen LogP contribution in [0.2, 0.25) is 0 Å². The summed E-state index contributed by atoms with van der Waals surface area (Å²) in [5, 5.41) is 6.70. The average molecular weight is 236 g/mol. The monoisotopic (exact) mass is 236 g/mol. The molecule has 1 N–H and O–H groups in total. The summed E-state index contributed by atoms with van der Waals surface area (Å²) in [6.45, 7) is 4.20. The van der Waals surface area contributed by atoms with Gasteiger partial charge in [0.15, 0.2) is 0 Å². The van der Waals surface area contributed by atoms with Gasteiger partial charge in [-0.15, -0.1) is 22.7 Å². The summed E-state index contributed by atoms with van der Waals surface area (Å²) in [6.07, 6.45) is 1.17. The van der Waals surface area contributed by atoms with E-state index in [2.05, 4.69) is 28.7 Å². The van der Waals surface area contributed by atoms with E-state index in [0.717, 1.165) is 23.8 Å². The highest BCUT2D eigenvalue weighted by Crippen LogP contribution is 2.33. The summed E-state index contributed by atoms with van der Waals surface area (Å²) >= 11 is 3.63. The zero-order valence-electron chi connectivity index (χ0n) is 8.54. The van der Waals surface area contributed by atoms with Gasteiger partial charge in [-0.05, 0) is 25.0 Å². The normalized spacial score (nSPS) is 15.3. The fourth-order valence-corrected chi connectivity index (χ4v) is 3.69. The van der Waals surface area contributed by atoms with Crippen LogP contribution in [0.25, 0.3) is 10.6 Å². The lowest BCUT2D eigenvalue weighted by Crippen LogP contribution is -2.21. The van der Waals surface area contributed by atoms with Gasteiger partial charge in [0, 0.05) is 23.3 Å². The second-order valence-electron chi connectivity index (χ2n) is 3.74. The minimum atomic E-state index is 1.02. The lowest BCUT2D eigenvalue weighted by molar-refractivity contribution is 0.653. The van der Waals surface area contributed by atoms with Crippen LogP contribution in [0.5, 0.6) is 0 Å². The molecule has 0 bridgehead atoms. The summed E-state index contributed by atoms with van der Waals surface area (Å²) in [7, 11) is 0. The largest absolute Gasteiger partial charge is 0.312 e. The molecule has 3 heterocycles. The molecule has 0 fully saturated rings. The molecule has 0 aromatic carbocycles. The van der Waals surface area contributed by atoms with Crippen LogP contribution in [0.3, 0.4) is 0 Å². The predicted molar refractivity (Wildman–Crippen MR) is 65.6 cm³/mol. The summed E-state index contributed by atoms with van der Waals surface area (Å²) in [5.41, 5.74) is 2.61. The first-order chi connectivity index (χ1) is 7.33. The van der Waals surface area contributed by atoms with E-state index in [-0.39, 0.29) is 0 Å². The minimum absolute atomic E-state index is 1.02. The molecule has 0 atom stereocenters. The zero-order valence-corrected chi connectivity index (χ0v) is 10.2. The van der Waals surface area contributed by atoms with E-state index in [9.17, 15) is 0 Å². The summed E-state index contributed by atoms with van der Waals surface area (Å²) in [6, 6.07) is 2.29. The van der Waals surface area contributed by atoms with Crippen LogP contribution in [-0.2, 0) is 13.0 Å². The molecule has 0 radical (unpaired) electrons. The second kappa shape index (κ2) is 3.70. The van der Waals surface area contributed by atoms with Gasteiger partial charge in [0.1, 0.15) is 0 Å². The number of aryl methyl sites for hydroxylation is 1. The van der Waals surface area contributed by atoms with Crippen LogP contribution >= 0.6 is 22.7 Å². The zero-order chi connectivity index (χ0) is 10.3. The molecular formula is C11H12N2S2. The Labute approximate surface area is 97.0 Å². The van der Waals surface area contributed by atoms with Crippen molar-refractivity contribution in [2.45, 2.75) is 19.9 Å². The van der Waals surface area contributed by atoms with E-state index < -0.39 is 0 Å². The van der Waals surface area contributed by atoms with Gasteiger partial charge in [-0.1, -0.05) is 0 Å². The van der Waals surface area contributed by atoms with Crippen molar-refractivity contribution in [2.24, 2.45) is 0 Å². The van der Waals surface area contributed by atoms with Gasteiger partial charge in [-0.3, -0.25) is 0 Å². The van der Waals surface area contributed by atoms with Crippen molar-refractivity contribution >= 4 is 22.7 Å². The molecule has 78 valence electrons. The lowest BCUT2D eigenvalue weighted by atomic mass is 10.1. The van der Waals surface area contributed by atoms with Crippen LogP contribution < -0.4 is 5.32 Å². The number of hydrogen-bond acceptors (Lipinski definition) is 4. The first-order valence-electron chi connectivity index (χ1n) is 5.08. The molecule has 0 aliphatic carbocycles. The number of aromatic nitrogens is 1. The van der Waals surface area contributed by atoms with Crippen LogP contribution in [0.15, 0.2) is 11.4 Å². The quantitative estimate of drug-likeness (QED) is 0.823. The minimum Gasteiger partial charge on any atom is -0.312 e. The SMILES string of the molecule is Cc1nc(-c2cc3c(s2)CCNC3)cs1. The maximum absolute atomic E-state index is 4.53. The molecule has 0 unspecified atom stereocenters. The average Bonchev–Trinajstić information content (AvgIpc) is 2.82. The smallest absolute Gasteiger partial charge is 0.0914 e. The predicted octanol–water partition coefficient (Wildman–Crippen LogP) is 2.83. The molecule has 0 spiro atoms. The van der Waals surface area contributed by atoms with E-state index in [1.54, 1.807) is 11.3 Å². The number of hydrogen-bond donors (Lipinski definition) is 1. The summed E-state index contributed by atoms with van der Waals surface area (Å²) in [4.78, 5) is 7.40. The second-order valence-corrected chi connectivity index (χ2v) is 5.94. The van der Waals surface area contributed by atoms with E-state index in [0.29, 0.717) is 0 Å². The third-order valence-electron chi connectivity index (χ3n) is 2.61. The fourth-order valence-electron chi connectivity index (χ4n) is 1.86. The van der Waals surface area contributed by atoms with Gasteiger partial charge >= 0.3 is 0 Å². The standard InChI is InChI=1S/C11H12N2S2/c1-7-13-9(6-14-7)11-4-8-5-12-3-2-10(8)15-11/h4,6,12H,2-3,5H2,1H3. The topological polar surface area (TPSA) is 24.9 Å². The van der Waals surface area contributed by atoms with Crippen molar-refractivity contribution < 1.29 is 0 Å². The van der Waals surface area contributed by atoms with Gasteiger partial charge < -0.3 is 5.32 Å².